The summed E-state index contributed by atoms with van der Waals surface area (Å²) in [6.45, 7) is 8.95. The van der Waals surface area contributed by atoms with E-state index in [1.165, 1.54) is 78.0 Å². The highest BCUT2D eigenvalue weighted by Crippen LogP contribution is 2.47. The van der Waals surface area contributed by atoms with Gasteiger partial charge >= 0.3 is 0 Å². The predicted octanol–water partition coefficient (Wildman–Crippen LogP) is 6.55. The largest absolute Gasteiger partial charge is 0.216 e. The SMILES string of the molecule is Cc1cc(C)c(C)c(-c2c3c(cc[n+]2C)-c2cc4c(cc2C3)Cc2cccc(C)c2-4)c1. The van der Waals surface area contributed by atoms with E-state index in [1.807, 2.05) is 0 Å². The van der Waals surface area contributed by atoms with Gasteiger partial charge in [0, 0.05) is 23.6 Å². The average molecular weight is 403 g/mol. The van der Waals surface area contributed by atoms with E-state index in [1.54, 1.807) is 0 Å². The Morgan fingerprint density at radius 2 is 1.48 bits per heavy atom. The second-order valence-electron chi connectivity index (χ2n) is 9.55. The van der Waals surface area contributed by atoms with E-state index >= 15 is 0 Å². The van der Waals surface area contributed by atoms with Crippen LogP contribution >= 0.6 is 0 Å². The number of rotatable bonds is 1. The van der Waals surface area contributed by atoms with Crippen LogP contribution in [0.4, 0.5) is 0 Å². The molecular formula is C30H28N+. The van der Waals surface area contributed by atoms with Gasteiger partial charge in [-0.1, -0.05) is 35.9 Å². The van der Waals surface area contributed by atoms with E-state index in [9.17, 15) is 0 Å². The van der Waals surface area contributed by atoms with Gasteiger partial charge in [0.25, 0.3) is 0 Å². The molecule has 1 heteroatoms. The minimum atomic E-state index is 1.02. The summed E-state index contributed by atoms with van der Waals surface area (Å²) < 4.78 is 2.32. The molecule has 4 aromatic rings. The van der Waals surface area contributed by atoms with Crippen LogP contribution in [0.15, 0.2) is 54.7 Å². The van der Waals surface area contributed by atoms with Crippen LogP contribution in [-0.4, -0.2) is 0 Å². The van der Waals surface area contributed by atoms with Crippen molar-refractivity contribution < 1.29 is 4.57 Å². The minimum Gasteiger partial charge on any atom is -0.201 e. The Labute approximate surface area is 185 Å². The van der Waals surface area contributed by atoms with Crippen LogP contribution in [0.1, 0.15) is 44.5 Å². The number of pyridine rings is 1. The van der Waals surface area contributed by atoms with Crippen molar-refractivity contribution in [2.75, 3.05) is 0 Å². The van der Waals surface area contributed by atoms with Crippen LogP contribution < -0.4 is 4.57 Å². The zero-order chi connectivity index (χ0) is 21.4. The fourth-order valence-corrected chi connectivity index (χ4v) is 5.90. The summed E-state index contributed by atoms with van der Waals surface area (Å²) in [5.41, 5.74) is 19.9. The second kappa shape index (κ2) is 6.40. The maximum absolute atomic E-state index is 2.49. The number of nitrogens with zero attached hydrogens (tertiary/aromatic N) is 1. The lowest BCUT2D eigenvalue weighted by molar-refractivity contribution is -0.660. The lowest BCUT2D eigenvalue weighted by Gasteiger charge is -2.12. The molecule has 0 unspecified atom stereocenters. The molecule has 3 aromatic carbocycles. The van der Waals surface area contributed by atoms with Crippen LogP contribution in [0.2, 0.25) is 0 Å². The molecule has 0 atom stereocenters. The van der Waals surface area contributed by atoms with Gasteiger partial charge in [-0.2, -0.15) is 0 Å². The molecule has 6 rings (SSSR count). The average Bonchev–Trinajstić information content (AvgIpc) is 3.27. The van der Waals surface area contributed by atoms with Crippen LogP contribution in [0.5, 0.6) is 0 Å². The fraction of sp³-hybridized carbons (Fsp3) is 0.233. The summed E-state index contributed by atoms with van der Waals surface area (Å²) in [4.78, 5) is 0. The minimum absolute atomic E-state index is 1.02. The van der Waals surface area contributed by atoms with Gasteiger partial charge in [0.1, 0.15) is 7.05 Å². The Morgan fingerprint density at radius 3 is 2.32 bits per heavy atom. The lowest BCUT2D eigenvalue weighted by atomic mass is 9.93. The molecule has 152 valence electrons. The third-order valence-electron chi connectivity index (χ3n) is 7.49. The molecular weight excluding hydrogens is 374 g/mol. The molecule has 0 spiro atoms. The van der Waals surface area contributed by atoms with E-state index in [-0.39, 0.29) is 0 Å². The van der Waals surface area contributed by atoms with Gasteiger partial charge in [-0.15, -0.1) is 0 Å². The molecule has 31 heavy (non-hydrogen) atoms. The first kappa shape index (κ1) is 18.6. The number of fused-ring (bicyclic) bond motifs is 6. The van der Waals surface area contributed by atoms with Crippen LogP contribution in [-0.2, 0) is 19.9 Å². The van der Waals surface area contributed by atoms with Gasteiger partial charge in [-0.25, -0.2) is 4.57 Å². The van der Waals surface area contributed by atoms with E-state index in [0.29, 0.717) is 0 Å². The molecule has 2 aliphatic rings. The highest BCUT2D eigenvalue weighted by atomic mass is 14.9. The van der Waals surface area contributed by atoms with E-state index in [0.717, 1.165) is 12.8 Å². The fourth-order valence-electron chi connectivity index (χ4n) is 5.90. The molecule has 0 saturated carbocycles. The second-order valence-corrected chi connectivity index (χ2v) is 9.55. The topological polar surface area (TPSA) is 3.88 Å². The van der Waals surface area contributed by atoms with Gasteiger partial charge < -0.3 is 0 Å². The third kappa shape index (κ3) is 2.59. The molecule has 1 heterocycles. The van der Waals surface area contributed by atoms with E-state index < -0.39 is 0 Å². The summed E-state index contributed by atoms with van der Waals surface area (Å²) in [7, 11) is 2.19. The van der Waals surface area contributed by atoms with Gasteiger partial charge in [0.15, 0.2) is 6.20 Å². The highest BCUT2D eigenvalue weighted by Gasteiger charge is 2.31. The van der Waals surface area contributed by atoms with Crippen molar-refractivity contribution in [3.63, 3.8) is 0 Å². The normalized spacial score (nSPS) is 13.1. The first-order valence-corrected chi connectivity index (χ1v) is 11.3. The Morgan fingerprint density at radius 1 is 0.677 bits per heavy atom. The van der Waals surface area contributed by atoms with E-state index in [4.69, 9.17) is 0 Å². The monoisotopic (exact) mass is 402 g/mol. The van der Waals surface area contributed by atoms with Crippen molar-refractivity contribution >= 4 is 0 Å². The molecule has 0 amide bonds. The summed E-state index contributed by atoms with van der Waals surface area (Å²) in [5, 5.41) is 0. The maximum Gasteiger partial charge on any atom is 0.216 e. The van der Waals surface area contributed by atoms with Gasteiger partial charge in [-0.05, 0) is 102 Å². The first-order chi connectivity index (χ1) is 14.9. The number of hydrogen-bond donors (Lipinski definition) is 0. The number of benzene rings is 3. The summed E-state index contributed by atoms with van der Waals surface area (Å²) >= 11 is 0. The van der Waals surface area contributed by atoms with Crippen molar-refractivity contribution in [3.05, 3.63) is 99.2 Å². The van der Waals surface area contributed by atoms with Crippen molar-refractivity contribution in [2.24, 2.45) is 7.05 Å². The summed E-state index contributed by atoms with van der Waals surface area (Å²) in [6.07, 6.45) is 4.32. The molecule has 0 saturated heterocycles. The standard InChI is InChI=1S/C30H28N/c1-17-11-19(3)20(4)25(12-17)30-28-15-23-14-22-13-21-8-6-7-18(2)29(21)27(22)16-26(23)24(28)9-10-31(30)5/h6-12,14,16H,13,15H2,1-5H3/q+1. The maximum atomic E-state index is 2.49. The third-order valence-corrected chi connectivity index (χ3v) is 7.49. The Bertz CT molecular complexity index is 1420. The van der Waals surface area contributed by atoms with Crippen LogP contribution in [0.25, 0.3) is 33.5 Å². The predicted molar refractivity (Wildman–Crippen MR) is 128 cm³/mol. The number of aryl methyl sites for hydroxylation is 4. The van der Waals surface area contributed by atoms with E-state index in [2.05, 4.69) is 94.0 Å². The van der Waals surface area contributed by atoms with Crippen LogP contribution in [0.3, 0.4) is 0 Å². The summed E-state index contributed by atoms with van der Waals surface area (Å²) in [6, 6.07) is 18.7. The zero-order valence-electron chi connectivity index (χ0n) is 19.1. The molecule has 1 aromatic heterocycles. The van der Waals surface area contributed by atoms with Gasteiger partial charge in [0.05, 0.1) is 0 Å². The van der Waals surface area contributed by atoms with Gasteiger partial charge in [0.2, 0.25) is 5.69 Å². The van der Waals surface area contributed by atoms with Crippen molar-refractivity contribution in [1.29, 1.82) is 0 Å². The molecule has 0 aliphatic heterocycles. The molecule has 0 radical (unpaired) electrons. The smallest absolute Gasteiger partial charge is 0.201 e. The Balaban J connectivity index is 1.58. The van der Waals surface area contributed by atoms with Gasteiger partial charge in [-0.3, -0.25) is 0 Å². The first-order valence-electron chi connectivity index (χ1n) is 11.3. The van der Waals surface area contributed by atoms with Crippen molar-refractivity contribution in [1.82, 2.24) is 0 Å². The highest BCUT2D eigenvalue weighted by molar-refractivity contribution is 5.89. The van der Waals surface area contributed by atoms with Crippen LogP contribution in [0, 0.1) is 27.7 Å². The number of hydrogen-bond acceptors (Lipinski definition) is 0. The quantitative estimate of drug-likeness (QED) is 0.274. The molecule has 0 N–H and O–H groups in total. The molecule has 1 nitrogen and oxygen atoms in total. The molecule has 0 fully saturated rings. The number of aromatic nitrogens is 1. The lowest BCUT2D eigenvalue weighted by Crippen LogP contribution is -2.32. The Hall–Kier alpha value is -3.19. The zero-order valence-corrected chi connectivity index (χ0v) is 19.1. The van der Waals surface area contributed by atoms with Crippen molar-refractivity contribution in [3.8, 4) is 33.5 Å². The molecule has 2 aliphatic carbocycles. The molecule has 0 bridgehead atoms. The Kier molecular flexibility index (Phi) is 3.84. The van der Waals surface area contributed by atoms with Crippen molar-refractivity contribution in [2.45, 2.75) is 40.5 Å². The summed E-state index contributed by atoms with van der Waals surface area (Å²) in [5.74, 6) is 0.